The Labute approximate surface area is 202 Å². The number of hydrogen-bond donors (Lipinski definition) is 1. The van der Waals surface area contributed by atoms with Crippen LogP contribution in [0.25, 0.3) is 6.08 Å². The molecular formula is C24H17Br2ClN2O2. The Hall–Kier alpha value is -2.59. The van der Waals surface area contributed by atoms with Gasteiger partial charge in [-0.2, -0.15) is 5.26 Å². The van der Waals surface area contributed by atoms with Gasteiger partial charge in [-0.3, -0.25) is 4.79 Å². The number of ether oxygens (including phenoxy) is 1. The van der Waals surface area contributed by atoms with Gasteiger partial charge in [0.05, 0.1) is 8.95 Å². The van der Waals surface area contributed by atoms with Gasteiger partial charge in [-0.15, -0.1) is 0 Å². The molecule has 4 nitrogen and oxygen atoms in total. The molecule has 0 aromatic heterocycles. The molecule has 0 atom stereocenters. The zero-order chi connectivity index (χ0) is 22.4. The summed E-state index contributed by atoms with van der Waals surface area (Å²) >= 11 is 13.0. The Morgan fingerprint density at radius 1 is 1.13 bits per heavy atom. The lowest BCUT2D eigenvalue weighted by atomic mass is 10.1. The van der Waals surface area contributed by atoms with E-state index in [0.717, 1.165) is 5.56 Å². The third-order valence-electron chi connectivity index (χ3n) is 4.28. The highest BCUT2D eigenvalue weighted by Crippen LogP contribution is 2.36. The van der Waals surface area contributed by atoms with Gasteiger partial charge in [0.1, 0.15) is 24.0 Å². The molecule has 156 valence electrons. The van der Waals surface area contributed by atoms with Gasteiger partial charge in [-0.05, 0) is 86.3 Å². The number of nitrogens with zero attached hydrogens (tertiary/aromatic N) is 1. The van der Waals surface area contributed by atoms with Crippen LogP contribution in [-0.2, 0) is 11.4 Å². The van der Waals surface area contributed by atoms with E-state index in [1.165, 1.54) is 11.6 Å². The van der Waals surface area contributed by atoms with E-state index < -0.39 is 5.91 Å². The summed E-state index contributed by atoms with van der Waals surface area (Å²) < 4.78 is 7.35. The largest absolute Gasteiger partial charge is 0.487 e. The molecule has 3 aromatic rings. The van der Waals surface area contributed by atoms with Crippen LogP contribution in [0.3, 0.4) is 0 Å². The summed E-state index contributed by atoms with van der Waals surface area (Å²) in [5, 5.41) is 12.6. The molecule has 0 aliphatic rings. The smallest absolute Gasteiger partial charge is 0.266 e. The second-order valence-corrected chi connectivity index (χ2v) is 8.87. The van der Waals surface area contributed by atoms with E-state index in [1.54, 1.807) is 36.4 Å². The number of nitriles is 1. The molecule has 0 unspecified atom stereocenters. The van der Waals surface area contributed by atoms with Gasteiger partial charge in [0.15, 0.2) is 0 Å². The first-order valence-electron chi connectivity index (χ1n) is 9.22. The van der Waals surface area contributed by atoms with Crippen LogP contribution in [0.2, 0.25) is 5.02 Å². The van der Waals surface area contributed by atoms with Gasteiger partial charge < -0.3 is 10.1 Å². The topological polar surface area (TPSA) is 62.1 Å². The number of carbonyl (C=O) groups excluding carboxylic acids is 1. The van der Waals surface area contributed by atoms with E-state index in [0.29, 0.717) is 37.6 Å². The third kappa shape index (κ3) is 6.44. The molecule has 1 amide bonds. The molecule has 0 aliphatic carbocycles. The van der Waals surface area contributed by atoms with Gasteiger partial charge in [0.25, 0.3) is 5.91 Å². The number of halogens is 3. The summed E-state index contributed by atoms with van der Waals surface area (Å²) in [7, 11) is 0. The number of carbonyl (C=O) groups is 1. The summed E-state index contributed by atoms with van der Waals surface area (Å²) in [5.41, 5.74) is 3.39. The van der Waals surface area contributed by atoms with E-state index in [-0.39, 0.29) is 5.57 Å². The Morgan fingerprint density at radius 2 is 1.81 bits per heavy atom. The van der Waals surface area contributed by atoms with E-state index in [4.69, 9.17) is 16.3 Å². The summed E-state index contributed by atoms with van der Waals surface area (Å²) in [6, 6.07) is 20.4. The second-order valence-electron chi connectivity index (χ2n) is 6.72. The fourth-order valence-electron chi connectivity index (χ4n) is 2.72. The highest BCUT2D eigenvalue weighted by atomic mass is 79.9. The van der Waals surface area contributed by atoms with E-state index >= 15 is 0 Å². The average molecular weight is 561 g/mol. The Morgan fingerprint density at radius 3 is 2.42 bits per heavy atom. The van der Waals surface area contributed by atoms with Crippen molar-refractivity contribution in [3.8, 4) is 11.8 Å². The molecule has 0 radical (unpaired) electrons. The standard InChI is InChI=1S/C24H17Br2ClN2O2/c1-15-5-7-16(8-6-15)14-31-23-21(25)10-17(11-22(23)26)9-18(13-28)24(30)29-20-4-2-3-19(27)12-20/h2-12H,14H2,1H3,(H,29,30)/b18-9+. The first-order valence-corrected chi connectivity index (χ1v) is 11.2. The van der Waals surface area contributed by atoms with Crippen molar-refractivity contribution >= 4 is 61.1 Å². The molecule has 0 spiro atoms. The zero-order valence-electron chi connectivity index (χ0n) is 16.5. The molecular weight excluding hydrogens is 544 g/mol. The number of hydrogen-bond acceptors (Lipinski definition) is 3. The minimum absolute atomic E-state index is 0.0351. The van der Waals surface area contributed by atoms with Gasteiger partial charge in [0, 0.05) is 10.7 Å². The van der Waals surface area contributed by atoms with E-state index in [9.17, 15) is 10.1 Å². The van der Waals surface area contributed by atoms with Crippen molar-refractivity contribution in [2.75, 3.05) is 5.32 Å². The van der Waals surface area contributed by atoms with Crippen molar-refractivity contribution in [2.24, 2.45) is 0 Å². The quantitative estimate of drug-likeness (QED) is 0.254. The summed E-state index contributed by atoms with van der Waals surface area (Å²) in [6.07, 6.45) is 1.51. The molecule has 0 bridgehead atoms. The van der Waals surface area contributed by atoms with Crippen molar-refractivity contribution in [2.45, 2.75) is 13.5 Å². The maximum Gasteiger partial charge on any atom is 0.266 e. The molecule has 3 rings (SSSR count). The van der Waals surface area contributed by atoms with Crippen molar-refractivity contribution in [3.63, 3.8) is 0 Å². The summed E-state index contributed by atoms with van der Waals surface area (Å²) in [6.45, 7) is 2.45. The van der Waals surface area contributed by atoms with Gasteiger partial charge >= 0.3 is 0 Å². The lowest BCUT2D eigenvalue weighted by molar-refractivity contribution is -0.112. The third-order valence-corrected chi connectivity index (χ3v) is 5.70. The highest BCUT2D eigenvalue weighted by molar-refractivity contribution is 9.11. The molecule has 0 saturated carbocycles. The van der Waals surface area contributed by atoms with Crippen LogP contribution in [0.15, 0.2) is 75.2 Å². The lowest BCUT2D eigenvalue weighted by Crippen LogP contribution is -2.13. The minimum Gasteiger partial charge on any atom is -0.487 e. The Bertz CT molecular complexity index is 1160. The molecule has 0 aliphatic heterocycles. The van der Waals surface area contributed by atoms with Crippen LogP contribution in [0.5, 0.6) is 5.75 Å². The van der Waals surface area contributed by atoms with Crippen LogP contribution < -0.4 is 10.1 Å². The molecule has 3 aromatic carbocycles. The van der Waals surface area contributed by atoms with E-state index in [1.807, 2.05) is 37.3 Å². The molecule has 31 heavy (non-hydrogen) atoms. The second kappa shape index (κ2) is 10.6. The number of anilines is 1. The predicted octanol–water partition coefficient (Wildman–Crippen LogP) is 7.30. The average Bonchev–Trinajstić information content (AvgIpc) is 2.72. The fourth-order valence-corrected chi connectivity index (χ4v) is 4.36. The summed E-state index contributed by atoms with van der Waals surface area (Å²) in [5.74, 6) is 0.122. The molecule has 7 heteroatoms. The fraction of sp³-hybridized carbons (Fsp3) is 0.0833. The zero-order valence-corrected chi connectivity index (χ0v) is 20.4. The van der Waals surface area contributed by atoms with Crippen LogP contribution in [-0.4, -0.2) is 5.91 Å². The maximum atomic E-state index is 12.5. The number of nitrogens with one attached hydrogen (secondary N) is 1. The highest BCUT2D eigenvalue weighted by Gasteiger charge is 2.13. The van der Waals surface area contributed by atoms with Crippen molar-refractivity contribution < 1.29 is 9.53 Å². The maximum absolute atomic E-state index is 12.5. The lowest BCUT2D eigenvalue weighted by Gasteiger charge is -2.12. The first-order chi connectivity index (χ1) is 14.9. The van der Waals surface area contributed by atoms with Crippen molar-refractivity contribution in [1.82, 2.24) is 0 Å². The molecule has 1 N–H and O–H groups in total. The molecule has 0 saturated heterocycles. The SMILES string of the molecule is Cc1ccc(COc2c(Br)cc(/C=C(\C#N)C(=O)Nc3cccc(Cl)c3)cc2Br)cc1. The van der Waals surface area contributed by atoms with Gasteiger partial charge in [0.2, 0.25) is 0 Å². The van der Waals surface area contributed by atoms with Crippen LogP contribution in [0.1, 0.15) is 16.7 Å². The predicted molar refractivity (Wildman–Crippen MR) is 131 cm³/mol. The molecule has 0 heterocycles. The summed E-state index contributed by atoms with van der Waals surface area (Å²) in [4.78, 5) is 12.5. The normalized spacial score (nSPS) is 11.0. The number of benzene rings is 3. The van der Waals surface area contributed by atoms with Crippen molar-refractivity contribution in [3.05, 3.63) is 96.9 Å². The van der Waals surface area contributed by atoms with Crippen LogP contribution in [0, 0.1) is 18.3 Å². The molecule has 0 fully saturated rings. The van der Waals surface area contributed by atoms with Crippen molar-refractivity contribution in [1.29, 1.82) is 5.26 Å². The van der Waals surface area contributed by atoms with Crippen LogP contribution in [0.4, 0.5) is 5.69 Å². The van der Waals surface area contributed by atoms with Gasteiger partial charge in [-0.25, -0.2) is 0 Å². The van der Waals surface area contributed by atoms with E-state index in [2.05, 4.69) is 37.2 Å². The number of amides is 1. The minimum atomic E-state index is -0.517. The number of aryl methyl sites for hydroxylation is 1. The monoisotopic (exact) mass is 558 g/mol. The van der Waals surface area contributed by atoms with Crippen LogP contribution >= 0.6 is 43.5 Å². The van der Waals surface area contributed by atoms with Gasteiger partial charge in [-0.1, -0.05) is 47.5 Å². The first kappa shape index (κ1) is 23.1. The number of rotatable bonds is 6. The Balaban J connectivity index is 1.76. The Kier molecular flexibility index (Phi) is 7.91.